The van der Waals surface area contributed by atoms with Crippen molar-refractivity contribution in [3.05, 3.63) is 59.0 Å². The Kier molecular flexibility index (Phi) is 5.57. The highest BCUT2D eigenvalue weighted by atomic mass is 35.5. The van der Waals surface area contributed by atoms with Gasteiger partial charge in [0, 0.05) is 37.5 Å². The third-order valence-electron chi connectivity index (χ3n) is 4.95. The predicted octanol–water partition coefficient (Wildman–Crippen LogP) is 3.33. The molecular weight excluding hydrogens is 366 g/mol. The number of furan rings is 1. The van der Waals surface area contributed by atoms with Crippen LogP contribution >= 0.6 is 11.6 Å². The molecule has 1 fully saturated rings. The first-order chi connectivity index (χ1) is 13.2. The number of amides is 1. The van der Waals surface area contributed by atoms with Crippen molar-refractivity contribution in [1.29, 1.82) is 0 Å². The van der Waals surface area contributed by atoms with E-state index in [1.54, 1.807) is 11.3 Å². The Bertz CT molecular complexity index is 816. The average Bonchev–Trinajstić information content (AvgIpc) is 3.36. The zero-order chi connectivity index (χ0) is 18.6. The fourth-order valence-corrected chi connectivity index (χ4v) is 3.70. The fourth-order valence-electron chi connectivity index (χ4n) is 3.50. The van der Waals surface area contributed by atoms with Crippen LogP contribution in [0.5, 0.6) is 0 Å². The molecule has 2 aliphatic heterocycles. The van der Waals surface area contributed by atoms with E-state index < -0.39 is 0 Å². The van der Waals surface area contributed by atoms with Gasteiger partial charge >= 0.3 is 0 Å². The largest absolute Gasteiger partial charge is 0.463 e. The second-order valence-electron chi connectivity index (χ2n) is 6.74. The maximum absolute atomic E-state index is 13.0. The van der Waals surface area contributed by atoms with Gasteiger partial charge in [-0.3, -0.25) is 9.69 Å². The van der Waals surface area contributed by atoms with E-state index in [2.05, 4.69) is 10.0 Å². The third kappa shape index (κ3) is 4.24. The molecule has 142 valence electrons. The van der Waals surface area contributed by atoms with Gasteiger partial charge in [0.1, 0.15) is 11.5 Å². The quantitative estimate of drug-likeness (QED) is 0.789. The van der Waals surface area contributed by atoms with Crippen molar-refractivity contribution in [1.82, 2.24) is 9.91 Å². The summed E-state index contributed by atoms with van der Waals surface area (Å²) in [5, 5.41) is 6.86. The molecule has 0 N–H and O–H groups in total. The van der Waals surface area contributed by atoms with Crippen molar-refractivity contribution < 1.29 is 13.9 Å². The number of nitrogens with zero attached hydrogens (tertiary/aromatic N) is 3. The summed E-state index contributed by atoms with van der Waals surface area (Å²) >= 11 is 6.17. The van der Waals surface area contributed by atoms with E-state index in [4.69, 9.17) is 20.8 Å². The lowest BCUT2D eigenvalue weighted by atomic mass is 10.0. The molecule has 3 heterocycles. The fraction of sp³-hybridized carbons (Fsp3) is 0.400. The molecule has 0 spiro atoms. The highest BCUT2D eigenvalue weighted by Crippen LogP contribution is 2.34. The monoisotopic (exact) mass is 387 g/mol. The maximum Gasteiger partial charge on any atom is 0.244 e. The molecule has 1 unspecified atom stereocenters. The number of rotatable bonds is 5. The van der Waals surface area contributed by atoms with Crippen LogP contribution in [0, 0.1) is 0 Å². The number of morpholine rings is 1. The molecule has 0 saturated carbocycles. The third-order valence-corrected chi connectivity index (χ3v) is 5.19. The number of hydrogen-bond acceptors (Lipinski definition) is 5. The van der Waals surface area contributed by atoms with E-state index in [0.717, 1.165) is 37.6 Å². The first-order valence-corrected chi connectivity index (χ1v) is 9.57. The van der Waals surface area contributed by atoms with Crippen molar-refractivity contribution in [3.63, 3.8) is 0 Å². The molecule has 0 bridgehead atoms. The van der Waals surface area contributed by atoms with Crippen molar-refractivity contribution in [3.8, 4) is 0 Å². The van der Waals surface area contributed by atoms with Crippen molar-refractivity contribution in [2.45, 2.75) is 18.9 Å². The van der Waals surface area contributed by atoms with Gasteiger partial charge in [-0.25, -0.2) is 5.01 Å². The summed E-state index contributed by atoms with van der Waals surface area (Å²) in [5.41, 5.74) is 1.76. The lowest BCUT2D eigenvalue weighted by Gasteiger charge is -2.27. The van der Waals surface area contributed by atoms with Gasteiger partial charge in [-0.15, -0.1) is 0 Å². The Balaban J connectivity index is 1.52. The Labute approximate surface area is 163 Å². The Morgan fingerprint density at radius 3 is 2.81 bits per heavy atom. The van der Waals surface area contributed by atoms with E-state index >= 15 is 0 Å². The molecule has 0 radical (unpaired) electrons. The molecule has 27 heavy (non-hydrogen) atoms. The number of benzene rings is 1. The van der Waals surface area contributed by atoms with Gasteiger partial charge in [0.2, 0.25) is 5.91 Å². The van der Waals surface area contributed by atoms with E-state index in [1.165, 1.54) is 0 Å². The van der Waals surface area contributed by atoms with Gasteiger partial charge in [-0.2, -0.15) is 5.10 Å². The van der Waals surface area contributed by atoms with Gasteiger partial charge in [0.25, 0.3) is 0 Å². The van der Waals surface area contributed by atoms with Crippen LogP contribution in [-0.4, -0.2) is 54.4 Å². The van der Waals surface area contributed by atoms with Gasteiger partial charge in [0.15, 0.2) is 0 Å². The summed E-state index contributed by atoms with van der Waals surface area (Å²) in [6, 6.07) is 11.2. The van der Waals surface area contributed by atoms with Crippen molar-refractivity contribution >= 4 is 23.2 Å². The predicted molar refractivity (Wildman–Crippen MR) is 103 cm³/mol. The maximum atomic E-state index is 13.0. The molecule has 6 nitrogen and oxygen atoms in total. The normalized spacial score (nSPS) is 20.7. The second kappa shape index (κ2) is 8.25. The van der Waals surface area contributed by atoms with Crippen LogP contribution in [0.15, 0.2) is 52.2 Å². The van der Waals surface area contributed by atoms with Gasteiger partial charge in [-0.05, 0) is 29.8 Å². The lowest BCUT2D eigenvalue weighted by molar-refractivity contribution is -0.133. The molecule has 1 atom stereocenters. The van der Waals surface area contributed by atoms with Crippen LogP contribution in [0.2, 0.25) is 5.02 Å². The Morgan fingerprint density at radius 2 is 2.07 bits per heavy atom. The number of halogens is 1. The number of hydrogen-bond donors (Lipinski definition) is 0. The molecule has 1 amide bonds. The van der Waals surface area contributed by atoms with E-state index in [-0.39, 0.29) is 11.9 Å². The van der Waals surface area contributed by atoms with Crippen LogP contribution in [-0.2, 0) is 9.53 Å². The van der Waals surface area contributed by atoms with E-state index in [0.29, 0.717) is 30.2 Å². The van der Waals surface area contributed by atoms with Gasteiger partial charge in [-0.1, -0.05) is 23.7 Å². The van der Waals surface area contributed by atoms with E-state index in [9.17, 15) is 4.79 Å². The standard InChI is InChI=1S/C20H22ClN3O3/c21-16-4-1-3-15(13-16)18-14-17(19-5-2-10-27-19)22-24(18)20(25)6-7-23-8-11-26-12-9-23/h1-5,10,13,18H,6-9,11-12,14H2. The Hall–Kier alpha value is -2.15. The molecule has 1 aromatic heterocycles. The topological polar surface area (TPSA) is 58.3 Å². The van der Waals surface area contributed by atoms with Crippen LogP contribution in [0.25, 0.3) is 0 Å². The van der Waals surface area contributed by atoms with Crippen molar-refractivity contribution in [2.24, 2.45) is 5.10 Å². The first-order valence-electron chi connectivity index (χ1n) is 9.20. The minimum Gasteiger partial charge on any atom is -0.463 e. The van der Waals surface area contributed by atoms with Gasteiger partial charge < -0.3 is 9.15 Å². The van der Waals surface area contributed by atoms with Crippen LogP contribution in [0.1, 0.15) is 30.2 Å². The highest BCUT2D eigenvalue weighted by Gasteiger charge is 2.34. The lowest BCUT2D eigenvalue weighted by Crippen LogP contribution is -2.39. The highest BCUT2D eigenvalue weighted by molar-refractivity contribution is 6.30. The minimum absolute atomic E-state index is 0.00743. The summed E-state index contributed by atoms with van der Waals surface area (Å²) in [6.07, 6.45) is 2.65. The summed E-state index contributed by atoms with van der Waals surface area (Å²) in [6.45, 7) is 3.90. The van der Waals surface area contributed by atoms with Crippen LogP contribution in [0.4, 0.5) is 0 Å². The average molecular weight is 388 g/mol. The number of ether oxygens (including phenoxy) is 1. The second-order valence-corrected chi connectivity index (χ2v) is 7.18. The number of hydrazone groups is 1. The molecular formula is C20H22ClN3O3. The molecule has 2 aliphatic rings. The minimum atomic E-state index is -0.166. The van der Waals surface area contributed by atoms with Crippen molar-refractivity contribution in [2.75, 3.05) is 32.8 Å². The SMILES string of the molecule is O=C(CCN1CCOCC1)N1N=C(c2ccco2)CC1c1cccc(Cl)c1. The number of carbonyl (C=O) groups excluding carboxylic acids is 1. The zero-order valence-corrected chi connectivity index (χ0v) is 15.8. The molecule has 0 aliphatic carbocycles. The first kappa shape index (κ1) is 18.2. The molecule has 1 aromatic carbocycles. The molecule has 7 heteroatoms. The zero-order valence-electron chi connectivity index (χ0n) is 15.0. The molecule has 2 aromatic rings. The van der Waals surface area contributed by atoms with E-state index in [1.807, 2.05) is 36.4 Å². The summed E-state index contributed by atoms with van der Waals surface area (Å²) in [7, 11) is 0. The van der Waals surface area contributed by atoms with Gasteiger partial charge in [0.05, 0.1) is 25.5 Å². The Morgan fingerprint density at radius 1 is 1.22 bits per heavy atom. The van der Waals surface area contributed by atoms with Crippen LogP contribution < -0.4 is 0 Å². The summed E-state index contributed by atoms with van der Waals surface area (Å²) < 4.78 is 10.9. The van der Waals surface area contributed by atoms with Crippen LogP contribution in [0.3, 0.4) is 0 Å². The number of carbonyl (C=O) groups is 1. The molecule has 4 rings (SSSR count). The smallest absolute Gasteiger partial charge is 0.244 e. The summed E-state index contributed by atoms with van der Waals surface area (Å²) in [5.74, 6) is 0.707. The molecule has 1 saturated heterocycles. The summed E-state index contributed by atoms with van der Waals surface area (Å²) in [4.78, 5) is 15.2.